The molecule has 3 aliphatic rings. The fourth-order valence-corrected chi connectivity index (χ4v) is 13.1. The summed E-state index contributed by atoms with van der Waals surface area (Å²) in [4.78, 5) is 10.2. The van der Waals surface area contributed by atoms with E-state index in [-0.39, 0.29) is 0 Å². The summed E-state index contributed by atoms with van der Waals surface area (Å²) in [6.07, 6.45) is 1.91. The molecule has 0 fully saturated rings. The van der Waals surface area contributed by atoms with E-state index in [2.05, 4.69) is 245 Å². The van der Waals surface area contributed by atoms with Crippen LogP contribution in [-0.4, -0.2) is 16.1 Å². The third-order valence-corrected chi connectivity index (χ3v) is 15.9. The molecule has 72 heavy (non-hydrogen) atoms. The number of ether oxygens (including phenoxy) is 1. The van der Waals surface area contributed by atoms with Crippen molar-refractivity contribution in [3.8, 4) is 33.8 Å². The summed E-state index contributed by atoms with van der Waals surface area (Å²) < 4.78 is 9.37. The molecule has 1 spiro atoms. The molecule has 5 heteroatoms. The second-order valence-electron chi connectivity index (χ2n) is 19.4. The molecule has 0 radical (unpaired) electrons. The van der Waals surface area contributed by atoms with Gasteiger partial charge in [0.15, 0.2) is 0 Å². The van der Waals surface area contributed by atoms with E-state index in [0.717, 1.165) is 50.0 Å². The van der Waals surface area contributed by atoms with Crippen molar-refractivity contribution in [1.29, 1.82) is 0 Å². The Balaban J connectivity index is 0.872. The lowest BCUT2D eigenvalue weighted by Gasteiger charge is -2.44. The zero-order chi connectivity index (χ0) is 47.1. The first kappa shape index (κ1) is 39.4. The Morgan fingerprint density at radius 1 is 0.389 bits per heavy atom. The summed E-state index contributed by atoms with van der Waals surface area (Å²) in [6.45, 7) is 0.638. The van der Waals surface area contributed by atoms with E-state index in [1.54, 1.807) is 0 Å². The molecule has 10 aromatic carbocycles. The van der Waals surface area contributed by atoms with Crippen LogP contribution in [-0.2, 0) is 5.41 Å². The highest BCUT2D eigenvalue weighted by atomic mass is 16.5. The van der Waals surface area contributed by atoms with Crippen molar-refractivity contribution >= 4 is 82.5 Å². The molecule has 0 bridgehead atoms. The van der Waals surface area contributed by atoms with Crippen LogP contribution in [0.4, 0.5) is 22.7 Å². The van der Waals surface area contributed by atoms with Crippen molar-refractivity contribution in [2.45, 2.75) is 5.41 Å². The Hall–Kier alpha value is -9.45. The van der Waals surface area contributed by atoms with Crippen molar-refractivity contribution in [3.63, 3.8) is 0 Å². The summed E-state index contributed by atoms with van der Waals surface area (Å²) in [5.74, 6) is 1.52. The standard InChI is InChI=1S/C67H42N4O/c1-2-17-42(18-3-1)46-27-14-33-59-64(46)70-41-69(61-35-15-34-60(65(61)70)67(59)57-31-10-8-25-51(57)52-26-9-11-32-58(52)67)43-19-12-20-44(39-43)72-45-36-37-53-55-29-13-28-54-49-23-6-4-21-47(49)48-22-5-7-24-50(48)56-30-16-38-68-66(56)71(63(54)55)62(53)40-45/h1-40H,41H2. The van der Waals surface area contributed by atoms with Gasteiger partial charge in [0.25, 0.3) is 0 Å². The maximum absolute atomic E-state index is 7.00. The average molecular weight is 919 g/mol. The predicted molar refractivity (Wildman–Crippen MR) is 296 cm³/mol. The van der Waals surface area contributed by atoms with Crippen LogP contribution in [0.1, 0.15) is 22.3 Å². The van der Waals surface area contributed by atoms with Crippen molar-refractivity contribution < 1.29 is 4.74 Å². The zero-order valence-electron chi connectivity index (χ0n) is 39.0. The van der Waals surface area contributed by atoms with Gasteiger partial charge in [0, 0.05) is 51.1 Å². The largest absolute Gasteiger partial charge is 0.457 e. The first-order valence-electron chi connectivity index (χ1n) is 24.8. The number of nitrogens with zero attached hydrogens (tertiary/aromatic N) is 4. The molecule has 336 valence electrons. The topological polar surface area (TPSA) is 33.0 Å². The molecule has 0 amide bonds. The molecule has 0 saturated carbocycles. The highest BCUT2D eigenvalue weighted by Crippen LogP contribution is 2.66. The minimum Gasteiger partial charge on any atom is -0.457 e. The summed E-state index contributed by atoms with van der Waals surface area (Å²) in [7, 11) is 0. The SMILES string of the molecule is c1ccc(-c2cccc3c2N2CN(c4cccc(Oc5ccc6c7cccc8c9ccccc9c9ccccc9c9cccnc9n(c6c5)c87)c4)c4cccc(c42)C32c3ccccc3-c3ccccc32)cc1. The molecule has 2 aliphatic heterocycles. The molecule has 0 N–H and O–H groups in total. The van der Waals surface area contributed by atoms with Gasteiger partial charge in [-0.2, -0.15) is 0 Å². The lowest BCUT2D eigenvalue weighted by Crippen LogP contribution is -2.37. The van der Waals surface area contributed by atoms with Gasteiger partial charge in [0.1, 0.15) is 23.8 Å². The van der Waals surface area contributed by atoms with Crippen molar-refractivity contribution in [2.24, 2.45) is 0 Å². The van der Waals surface area contributed by atoms with E-state index in [1.165, 1.54) is 88.5 Å². The van der Waals surface area contributed by atoms with E-state index in [0.29, 0.717) is 6.67 Å². The lowest BCUT2D eigenvalue weighted by atomic mass is 9.64. The molecule has 3 aromatic heterocycles. The van der Waals surface area contributed by atoms with Gasteiger partial charge in [-0.05, 0) is 103 Å². The maximum Gasteiger partial charge on any atom is 0.145 e. The van der Waals surface area contributed by atoms with Crippen LogP contribution in [0.5, 0.6) is 11.5 Å². The van der Waals surface area contributed by atoms with Crippen LogP contribution >= 0.6 is 0 Å². The van der Waals surface area contributed by atoms with E-state index in [1.807, 2.05) is 12.3 Å². The number of hydrogen-bond donors (Lipinski definition) is 0. The van der Waals surface area contributed by atoms with Crippen molar-refractivity contribution in [1.82, 2.24) is 9.38 Å². The summed E-state index contributed by atoms with van der Waals surface area (Å²) in [5.41, 5.74) is 17.5. The van der Waals surface area contributed by atoms with Crippen molar-refractivity contribution in [3.05, 3.63) is 265 Å². The minimum absolute atomic E-state index is 0.515. The molecular weight excluding hydrogens is 877 g/mol. The number of fused-ring (bicyclic) bond motifs is 19. The first-order valence-corrected chi connectivity index (χ1v) is 24.8. The van der Waals surface area contributed by atoms with Crippen LogP contribution < -0.4 is 14.5 Å². The van der Waals surface area contributed by atoms with Crippen molar-refractivity contribution in [2.75, 3.05) is 16.5 Å². The van der Waals surface area contributed by atoms with Crippen LogP contribution in [0.25, 0.3) is 82.0 Å². The monoisotopic (exact) mass is 918 g/mol. The quantitative estimate of drug-likeness (QED) is 0.176. The van der Waals surface area contributed by atoms with Crippen LogP contribution in [0.3, 0.4) is 0 Å². The zero-order valence-corrected chi connectivity index (χ0v) is 39.0. The highest BCUT2D eigenvalue weighted by Gasteiger charge is 2.54. The fraction of sp³-hybridized carbons (Fsp3) is 0.0299. The number of pyridine rings is 1. The second kappa shape index (κ2) is 14.8. The third-order valence-electron chi connectivity index (χ3n) is 15.9. The average Bonchev–Trinajstić information content (AvgIpc) is 4.11. The molecule has 5 nitrogen and oxygen atoms in total. The van der Waals surface area contributed by atoms with Crippen LogP contribution in [0.2, 0.25) is 0 Å². The number of anilines is 4. The molecule has 5 heterocycles. The number of hydrogen-bond acceptors (Lipinski definition) is 4. The Morgan fingerprint density at radius 2 is 0.944 bits per heavy atom. The molecule has 13 aromatic rings. The van der Waals surface area contributed by atoms with Crippen LogP contribution in [0, 0.1) is 0 Å². The molecule has 1 aliphatic carbocycles. The van der Waals surface area contributed by atoms with Gasteiger partial charge in [-0.1, -0.05) is 182 Å². The lowest BCUT2D eigenvalue weighted by molar-refractivity contribution is 0.483. The summed E-state index contributed by atoms with van der Waals surface area (Å²) in [5, 5.41) is 9.30. The van der Waals surface area contributed by atoms with Crippen LogP contribution in [0.15, 0.2) is 243 Å². The highest BCUT2D eigenvalue weighted by molar-refractivity contribution is 6.25. The number of aromatic nitrogens is 2. The second-order valence-corrected chi connectivity index (χ2v) is 19.4. The Kier molecular flexibility index (Phi) is 8.09. The Labute approximate surface area is 415 Å². The van der Waals surface area contributed by atoms with Gasteiger partial charge < -0.3 is 14.5 Å². The fourth-order valence-electron chi connectivity index (χ4n) is 13.1. The molecule has 0 saturated heterocycles. The molecular formula is C67H42N4O. The molecule has 16 rings (SSSR count). The predicted octanol–water partition coefficient (Wildman–Crippen LogP) is 17.0. The van der Waals surface area contributed by atoms with Gasteiger partial charge in [0.05, 0.1) is 33.5 Å². The Bertz CT molecular complexity index is 4450. The Morgan fingerprint density at radius 3 is 1.71 bits per heavy atom. The van der Waals surface area contributed by atoms with Gasteiger partial charge in [0.2, 0.25) is 0 Å². The third kappa shape index (κ3) is 5.23. The van der Waals surface area contributed by atoms with E-state index in [4.69, 9.17) is 9.72 Å². The first-order chi connectivity index (χ1) is 35.7. The normalized spacial score (nSPS) is 13.8. The smallest absolute Gasteiger partial charge is 0.145 e. The molecule has 0 unspecified atom stereocenters. The van der Waals surface area contributed by atoms with E-state index >= 15 is 0 Å². The molecule has 0 atom stereocenters. The van der Waals surface area contributed by atoms with Gasteiger partial charge in [-0.25, -0.2) is 4.98 Å². The minimum atomic E-state index is -0.515. The van der Waals surface area contributed by atoms with Gasteiger partial charge >= 0.3 is 0 Å². The van der Waals surface area contributed by atoms with Gasteiger partial charge in [-0.3, -0.25) is 4.40 Å². The summed E-state index contributed by atoms with van der Waals surface area (Å²) >= 11 is 0. The van der Waals surface area contributed by atoms with Gasteiger partial charge in [-0.15, -0.1) is 0 Å². The summed E-state index contributed by atoms with van der Waals surface area (Å²) in [6, 6.07) is 86.4. The number of para-hydroxylation sites is 3. The number of benzene rings is 10. The van der Waals surface area contributed by atoms with E-state index in [9.17, 15) is 0 Å². The maximum atomic E-state index is 7.00. The number of rotatable bonds is 4. The van der Waals surface area contributed by atoms with E-state index < -0.39 is 5.41 Å².